The Morgan fingerprint density at radius 3 is 1.83 bits per heavy atom. The fourth-order valence-electron chi connectivity index (χ4n) is 3.05. The molecule has 0 radical (unpaired) electrons. The van der Waals surface area contributed by atoms with E-state index in [1.165, 1.54) is 0 Å². The van der Waals surface area contributed by atoms with Gasteiger partial charge in [-0.25, -0.2) is 9.59 Å². The van der Waals surface area contributed by atoms with Crippen LogP contribution in [0.1, 0.15) is 15.9 Å². The van der Waals surface area contributed by atoms with Gasteiger partial charge in [-0.2, -0.15) is 0 Å². The number of carboxylic acids is 2. The van der Waals surface area contributed by atoms with Crippen LogP contribution in [-0.2, 0) is 14.4 Å². The van der Waals surface area contributed by atoms with Crippen LogP contribution in [0, 0.1) is 0 Å². The maximum Gasteiger partial charge on any atom is 0.343 e. The number of aliphatic hydroxyl groups excluding tert-OH is 3. The van der Waals surface area contributed by atoms with Gasteiger partial charge in [0.25, 0.3) is 0 Å². The summed E-state index contributed by atoms with van der Waals surface area (Å²) < 4.78 is 0. The number of allylic oxidation sites excluding steroid dienone is 4. The summed E-state index contributed by atoms with van der Waals surface area (Å²) in [6.45, 7) is 0. The molecular weight excluding hydrogens is 408 g/mol. The molecule has 30 heavy (non-hydrogen) atoms. The molecule has 0 unspecified atom stereocenters. The van der Waals surface area contributed by atoms with Crippen LogP contribution in [0.25, 0.3) is 5.57 Å². The van der Waals surface area contributed by atoms with E-state index in [0.29, 0.717) is 12.1 Å². The molecule has 0 amide bonds. The zero-order valence-electron chi connectivity index (χ0n) is 14.4. The molecule has 1 aromatic rings. The average Bonchev–Trinajstić information content (AvgIpc) is 2.60. The first-order valence-electron chi connectivity index (χ1n) is 7.76. The van der Waals surface area contributed by atoms with Crippen LogP contribution < -0.4 is 0 Å². The number of benzene rings is 1. The zero-order chi connectivity index (χ0) is 22.7. The predicted molar refractivity (Wildman–Crippen MR) is 93.0 cm³/mol. The Bertz CT molecular complexity index is 1220. The SMILES string of the molecule is O=C(O)C1=C(O)/C(=C2/C(=O)C(c3c(O)cc(O)c(C(=O)O)c3O)=C2O)C(=O)C=C1O. The number of hydrogen-bond acceptors (Lipinski definition) is 10. The Hall–Kier alpha value is -4.74. The summed E-state index contributed by atoms with van der Waals surface area (Å²) in [5, 5.41) is 77.5. The predicted octanol–water partition coefficient (Wildman–Crippen LogP) is 0.571. The van der Waals surface area contributed by atoms with E-state index in [9.17, 15) is 49.8 Å². The van der Waals surface area contributed by atoms with E-state index in [1.807, 2.05) is 0 Å². The lowest BCUT2D eigenvalue weighted by Crippen LogP contribution is -2.28. The minimum Gasteiger partial charge on any atom is -0.507 e. The van der Waals surface area contributed by atoms with Gasteiger partial charge in [-0.05, 0) is 0 Å². The number of aromatic hydroxyl groups is 3. The number of ketones is 2. The summed E-state index contributed by atoms with van der Waals surface area (Å²) in [5.41, 5.74) is -5.79. The Labute approximate surface area is 164 Å². The van der Waals surface area contributed by atoms with E-state index < -0.39 is 91.5 Å². The third-order valence-corrected chi connectivity index (χ3v) is 4.36. The molecule has 2 aliphatic rings. The van der Waals surface area contributed by atoms with Gasteiger partial charge in [-0.3, -0.25) is 9.59 Å². The molecule has 2 aliphatic carbocycles. The molecule has 0 aliphatic heterocycles. The van der Waals surface area contributed by atoms with Gasteiger partial charge < -0.3 is 40.9 Å². The van der Waals surface area contributed by atoms with Crippen molar-refractivity contribution in [1.29, 1.82) is 0 Å². The van der Waals surface area contributed by atoms with Crippen molar-refractivity contribution in [2.45, 2.75) is 0 Å². The van der Waals surface area contributed by atoms with Gasteiger partial charge in [0, 0.05) is 12.1 Å². The van der Waals surface area contributed by atoms with E-state index >= 15 is 0 Å². The fourth-order valence-corrected chi connectivity index (χ4v) is 3.05. The van der Waals surface area contributed by atoms with Crippen LogP contribution >= 0.6 is 0 Å². The molecule has 1 aromatic carbocycles. The maximum atomic E-state index is 12.6. The summed E-state index contributed by atoms with van der Waals surface area (Å²) in [4.78, 5) is 47.0. The van der Waals surface area contributed by atoms with Crippen LogP contribution in [0.4, 0.5) is 0 Å². The van der Waals surface area contributed by atoms with E-state index in [4.69, 9.17) is 10.2 Å². The first-order valence-corrected chi connectivity index (χ1v) is 7.76. The van der Waals surface area contributed by atoms with Crippen LogP contribution in [0.15, 0.2) is 46.1 Å². The summed E-state index contributed by atoms with van der Waals surface area (Å²) in [6.07, 6.45) is 0.391. The number of aliphatic hydroxyl groups is 3. The number of Topliss-reactive ketones (excluding diaryl/α,β-unsaturated/α-hetero) is 1. The van der Waals surface area contributed by atoms with Gasteiger partial charge in [0.1, 0.15) is 45.7 Å². The Balaban J connectivity index is 2.31. The number of carbonyl (C=O) groups excluding carboxylic acids is 2. The van der Waals surface area contributed by atoms with Crippen LogP contribution in [0.3, 0.4) is 0 Å². The Kier molecular flexibility index (Phi) is 4.27. The molecule has 0 saturated carbocycles. The smallest absolute Gasteiger partial charge is 0.343 e. The second-order valence-corrected chi connectivity index (χ2v) is 6.04. The zero-order valence-corrected chi connectivity index (χ0v) is 14.4. The van der Waals surface area contributed by atoms with Crippen molar-refractivity contribution in [3.8, 4) is 17.2 Å². The highest BCUT2D eigenvalue weighted by molar-refractivity contribution is 6.42. The Morgan fingerprint density at radius 1 is 0.733 bits per heavy atom. The molecule has 0 heterocycles. The lowest BCUT2D eigenvalue weighted by Gasteiger charge is -2.26. The number of aromatic carboxylic acids is 1. The van der Waals surface area contributed by atoms with E-state index in [-0.39, 0.29) is 0 Å². The normalized spacial score (nSPS) is 19.0. The monoisotopic (exact) mass is 418 g/mol. The first-order chi connectivity index (χ1) is 13.9. The standard InChI is InChI=1S/C18H10O12/c19-3-1-5(21)9(17(27)28)13(23)7(3)11-15(25)12(16(11)26)8-4(20)2-6(22)10(14(8)24)18(29)30/h1-2,19,21-25H,(H,27,28)(H,29,30)/b12-8+. The van der Waals surface area contributed by atoms with Crippen LogP contribution in [-0.4, -0.2) is 64.4 Å². The molecule has 154 valence electrons. The molecule has 0 aromatic heterocycles. The van der Waals surface area contributed by atoms with Gasteiger partial charge in [0.2, 0.25) is 5.78 Å². The molecule has 0 bridgehead atoms. The average molecular weight is 418 g/mol. The maximum absolute atomic E-state index is 12.6. The Morgan fingerprint density at radius 2 is 1.33 bits per heavy atom. The topological polar surface area (TPSA) is 230 Å². The van der Waals surface area contributed by atoms with Crippen LogP contribution in [0.5, 0.6) is 17.2 Å². The first kappa shape index (κ1) is 20.0. The molecule has 0 saturated heterocycles. The molecule has 12 nitrogen and oxygen atoms in total. The van der Waals surface area contributed by atoms with Crippen molar-refractivity contribution in [2.75, 3.05) is 0 Å². The van der Waals surface area contributed by atoms with E-state index in [0.717, 1.165) is 0 Å². The summed E-state index contributed by atoms with van der Waals surface area (Å²) in [6, 6.07) is 0.490. The molecule has 12 heteroatoms. The highest BCUT2D eigenvalue weighted by Gasteiger charge is 2.45. The van der Waals surface area contributed by atoms with Gasteiger partial charge in [-0.1, -0.05) is 0 Å². The minimum atomic E-state index is -1.85. The quantitative estimate of drug-likeness (QED) is 0.315. The second kappa shape index (κ2) is 6.41. The lowest BCUT2D eigenvalue weighted by atomic mass is 9.77. The van der Waals surface area contributed by atoms with E-state index in [2.05, 4.69) is 0 Å². The lowest BCUT2D eigenvalue weighted by molar-refractivity contribution is -0.132. The van der Waals surface area contributed by atoms with Crippen molar-refractivity contribution >= 4 is 29.1 Å². The van der Waals surface area contributed by atoms with Gasteiger partial charge >= 0.3 is 11.9 Å². The molecule has 3 rings (SSSR count). The minimum absolute atomic E-state index is 0.391. The molecule has 0 atom stereocenters. The number of carbonyl (C=O) groups is 4. The van der Waals surface area contributed by atoms with E-state index in [1.54, 1.807) is 0 Å². The number of rotatable bonds is 3. The second-order valence-electron chi connectivity index (χ2n) is 6.04. The van der Waals surface area contributed by atoms with Crippen molar-refractivity contribution in [2.24, 2.45) is 0 Å². The third-order valence-electron chi connectivity index (χ3n) is 4.36. The van der Waals surface area contributed by atoms with Crippen molar-refractivity contribution in [3.05, 3.63) is 57.3 Å². The van der Waals surface area contributed by atoms with Crippen molar-refractivity contribution in [1.82, 2.24) is 0 Å². The van der Waals surface area contributed by atoms with Crippen molar-refractivity contribution in [3.63, 3.8) is 0 Å². The van der Waals surface area contributed by atoms with Gasteiger partial charge in [0.15, 0.2) is 5.78 Å². The molecule has 8 N–H and O–H groups in total. The largest absolute Gasteiger partial charge is 0.507 e. The highest BCUT2D eigenvalue weighted by atomic mass is 16.4. The fraction of sp³-hybridized carbons (Fsp3) is 0. The summed E-state index contributed by atoms with van der Waals surface area (Å²) >= 11 is 0. The number of aliphatic carboxylic acids is 1. The number of phenols is 3. The molecule has 0 spiro atoms. The van der Waals surface area contributed by atoms with Crippen molar-refractivity contribution < 1.29 is 60.0 Å². The molecule has 0 fully saturated rings. The van der Waals surface area contributed by atoms with Gasteiger partial charge in [-0.15, -0.1) is 0 Å². The third kappa shape index (κ3) is 2.55. The highest BCUT2D eigenvalue weighted by Crippen LogP contribution is 2.49. The summed E-state index contributed by atoms with van der Waals surface area (Å²) in [5.74, 6) is -13.0. The number of carboxylic acid groups (broad SMARTS) is 2. The van der Waals surface area contributed by atoms with Gasteiger partial charge in [0.05, 0.1) is 22.3 Å². The number of phenolic OH excluding ortho intramolecular Hbond substituents is 1. The number of hydrogen-bond donors (Lipinski definition) is 8. The van der Waals surface area contributed by atoms with Crippen LogP contribution in [0.2, 0.25) is 0 Å². The molecular formula is C18H10O12. The summed E-state index contributed by atoms with van der Waals surface area (Å²) in [7, 11) is 0.